The molecule has 1 aliphatic heterocycles. The molecule has 3 rings (SSSR count). The molecule has 0 bridgehead atoms. The van der Waals surface area contributed by atoms with Crippen LogP contribution < -0.4 is 5.32 Å². The number of nitrogens with one attached hydrogen (secondary N) is 1. The van der Waals surface area contributed by atoms with Crippen molar-refractivity contribution in [2.45, 2.75) is 19.1 Å². The zero-order chi connectivity index (χ0) is 14.4. The van der Waals surface area contributed by atoms with Crippen molar-refractivity contribution in [2.75, 3.05) is 6.54 Å². The maximum absolute atomic E-state index is 11.8. The van der Waals surface area contributed by atoms with E-state index in [1.54, 1.807) is 18.5 Å². The molecule has 0 aliphatic carbocycles. The molecule has 0 fully saturated rings. The maximum Gasteiger partial charge on any atom is 0.416 e. The van der Waals surface area contributed by atoms with Crippen LogP contribution in [0.25, 0.3) is 0 Å². The van der Waals surface area contributed by atoms with Crippen LogP contribution in [0.15, 0.2) is 42.7 Å². The standard InChI is InChI=1S/C7H5F3.C7H9N3/c8-7(9,10)6-4-2-1-3-5-6;1-2-8-5-7-6(1)9-3-4-10-7/h1-5H;3-4,8H,1-2,5H2. The van der Waals surface area contributed by atoms with Crippen molar-refractivity contribution in [1.82, 2.24) is 15.3 Å². The molecule has 2 heterocycles. The number of halogens is 3. The Kier molecular flexibility index (Phi) is 4.68. The van der Waals surface area contributed by atoms with Crippen LogP contribution >= 0.6 is 0 Å². The Morgan fingerprint density at radius 3 is 2.15 bits per heavy atom. The van der Waals surface area contributed by atoms with Gasteiger partial charge in [-0.3, -0.25) is 9.97 Å². The van der Waals surface area contributed by atoms with Gasteiger partial charge in [-0.2, -0.15) is 13.2 Å². The van der Waals surface area contributed by atoms with Crippen molar-refractivity contribution in [3.63, 3.8) is 0 Å². The minimum Gasteiger partial charge on any atom is -0.311 e. The number of benzene rings is 1. The van der Waals surface area contributed by atoms with E-state index < -0.39 is 11.7 Å². The van der Waals surface area contributed by atoms with Gasteiger partial charge in [0.2, 0.25) is 0 Å². The van der Waals surface area contributed by atoms with E-state index in [1.807, 2.05) is 0 Å². The Morgan fingerprint density at radius 2 is 1.60 bits per heavy atom. The average molecular weight is 281 g/mol. The first kappa shape index (κ1) is 14.5. The van der Waals surface area contributed by atoms with Crippen molar-refractivity contribution >= 4 is 0 Å². The molecular weight excluding hydrogens is 267 g/mol. The van der Waals surface area contributed by atoms with E-state index in [4.69, 9.17) is 0 Å². The molecule has 0 atom stereocenters. The molecule has 0 radical (unpaired) electrons. The molecule has 6 heteroatoms. The molecule has 0 amide bonds. The molecule has 1 aromatic carbocycles. The number of hydrogen-bond acceptors (Lipinski definition) is 3. The minimum absolute atomic E-state index is 0.602. The van der Waals surface area contributed by atoms with Crippen molar-refractivity contribution < 1.29 is 13.2 Å². The third-order valence-electron chi connectivity index (χ3n) is 2.79. The Hall–Kier alpha value is -1.95. The predicted octanol–water partition coefficient (Wildman–Crippen LogP) is 2.83. The summed E-state index contributed by atoms with van der Waals surface area (Å²) in [4.78, 5) is 8.41. The van der Waals surface area contributed by atoms with Crippen LogP contribution in [0, 0.1) is 0 Å². The molecular formula is C14H14F3N3. The van der Waals surface area contributed by atoms with Crippen LogP contribution in [-0.2, 0) is 19.1 Å². The highest BCUT2D eigenvalue weighted by atomic mass is 19.4. The second kappa shape index (κ2) is 6.47. The molecule has 0 spiro atoms. The number of fused-ring (bicyclic) bond motifs is 1. The molecule has 20 heavy (non-hydrogen) atoms. The van der Waals surface area contributed by atoms with Gasteiger partial charge in [0, 0.05) is 31.9 Å². The van der Waals surface area contributed by atoms with E-state index >= 15 is 0 Å². The lowest BCUT2D eigenvalue weighted by Crippen LogP contribution is -2.25. The smallest absolute Gasteiger partial charge is 0.311 e. The quantitative estimate of drug-likeness (QED) is 0.807. The van der Waals surface area contributed by atoms with Crippen LogP contribution in [0.1, 0.15) is 17.0 Å². The van der Waals surface area contributed by atoms with Crippen LogP contribution in [0.5, 0.6) is 0 Å². The summed E-state index contributed by atoms with van der Waals surface area (Å²) < 4.78 is 35.4. The van der Waals surface area contributed by atoms with Gasteiger partial charge in [0.25, 0.3) is 0 Å². The lowest BCUT2D eigenvalue weighted by Gasteiger charge is -2.13. The first-order chi connectivity index (χ1) is 9.57. The Morgan fingerprint density at radius 1 is 0.950 bits per heavy atom. The molecule has 0 saturated heterocycles. The van der Waals surface area contributed by atoms with Crippen molar-refractivity contribution in [1.29, 1.82) is 0 Å². The first-order valence-corrected chi connectivity index (χ1v) is 6.19. The molecule has 1 N–H and O–H groups in total. The van der Waals surface area contributed by atoms with Crippen LogP contribution in [0.2, 0.25) is 0 Å². The summed E-state index contributed by atoms with van der Waals surface area (Å²) in [7, 11) is 0. The fraction of sp³-hybridized carbons (Fsp3) is 0.286. The molecule has 2 aromatic rings. The van der Waals surface area contributed by atoms with E-state index in [2.05, 4.69) is 15.3 Å². The molecule has 1 aromatic heterocycles. The van der Waals surface area contributed by atoms with Crippen molar-refractivity contribution in [3.8, 4) is 0 Å². The second-order valence-corrected chi connectivity index (χ2v) is 4.24. The van der Waals surface area contributed by atoms with Gasteiger partial charge in [-0.1, -0.05) is 30.3 Å². The number of aromatic nitrogens is 2. The highest BCUT2D eigenvalue weighted by molar-refractivity contribution is 5.17. The topological polar surface area (TPSA) is 37.8 Å². The monoisotopic (exact) mass is 281 g/mol. The molecule has 106 valence electrons. The first-order valence-electron chi connectivity index (χ1n) is 6.19. The number of hydrogen-bond donors (Lipinski definition) is 1. The zero-order valence-electron chi connectivity index (χ0n) is 10.7. The Bertz CT molecular complexity index is 516. The predicted molar refractivity (Wildman–Crippen MR) is 68.9 cm³/mol. The fourth-order valence-corrected chi connectivity index (χ4v) is 1.79. The van der Waals surface area contributed by atoms with E-state index in [-0.39, 0.29) is 0 Å². The van der Waals surface area contributed by atoms with E-state index in [9.17, 15) is 13.2 Å². The molecule has 0 unspecified atom stereocenters. The average Bonchev–Trinajstić information content (AvgIpc) is 2.48. The van der Waals surface area contributed by atoms with E-state index in [1.165, 1.54) is 12.1 Å². The van der Waals surface area contributed by atoms with E-state index in [0.29, 0.717) is 0 Å². The van der Waals surface area contributed by atoms with Crippen LogP contribution in [-0.4, -0.2) is 16.5 Å². The summed E-state index contributed by atoms with van der Waals surface area (Å²) in [5.74, 6) is 0. The van der Waals surface area contributed by atoms with Gasteiger partial charge in [0.15, 0.2) is 0 Å². The van der Waals surface area contributed by atoms with Gasteiger partial charge in [0.1, 0.15) is 0 Å². The summed E-state index contributed by atoms with van der Waals surface area (Å²) in [5.41, 5.74) is 1.66. The van der Waals surface area contributed by atoms with E-state index in [0.717, 1.165) is 43.0 Å². The fourth-order valence-electron chi connectivity index (χ4n) is 1.79. The van der Waals surface area contributed by atoms with Gasteiger partial charge in [-0.15, -0.1) is 0 Å². The SMILES string of the molecule is FC(F)(F)c1ccccc1.c1cnc2c(n1)CCNC2. The highest BCUT2D eigenvalue weighted by Gasteiger charge is 2.29. The molecule has 1 aliphatic rings. The van der Waals surface area contributed by atoms with Gasteiger partial charge in [-0.25, -0.2) is 0 Å². The summed E-state index contributed by atoms with van der Waals surface area (Å²) in [6.45, 7) is 1.91. The second-order valence-electron chi connectivity index (χ2n) is 4.24. The lowest BCUT2D eigenvalue weighted by atomic mass is 10.2. The normalized spacial score (nSPS) is 13.9. The summed E-state index contributed by atoms with van der Waals surface area (Å²) >= 11 is 0. The van der Waals surface area contributed by atoms with Crippen molar-refractivity contribution in [3.05, 3.63) is 59.7 Å². The highest BCUT2D eigenvalue weighted by Crippen LogP contribution is 2.28. The molecule has 0 saturated carbocycles. The lowest BCUT2D eigenvalue weighted by molar-refractivity contribution is -0.137. The Labute approximate surface area is 114 Å². The number of alkyl halides is 3. The Balaban J connectivity index is 0.000000147. The number of nitrogens with zero attached hydrogens (tertiary/aromatic N) is 2. The van der Waals surface area contributed by atoms with Gasteiger partial charge >= 0.3 is 6.18 Å². The minimum atomic E-state index is -4.21. The van der Waals surface area contributed by atoms with Crippen LogP contribution in [0.3, 0.4) is 0 Å². The largest absolute Gasteiger partial charge is 0.416 e. The zero-order valence-corrected chi connectivity index (χ0v) is 10.7. The third-order valence-corrected chi connectivity index (χ3v) is 2.79. The third kappa shape index (κ3) is 4.03. The molecule has 3 nitrogen and oxygen atoms in total. The van der Waals surface area contributed by atoms with Gasteiger partial charge in [0.05, 0.1) is 17.0 Å². The van der Waals surface area contributed by atoms with Crippen molar-refractivity contribution in [2.24, 2.45) is 0 Å². The van der Waals surface area contributed by atoms with Crippen LogP contribution in [0.4, 0.5) is 13.2 Å². The van der Waals surface area contributed by atoms with Gasteiger partial charge < -0.3 is 5.32 Å². The van der Waals surface area contributed by atoms with Gasteiger partial charge in [-0.05, 0) is 0 Å². The summed E-state index contributed by atoms with van der Waals surface area (Å²) in [5, 5.41) is 3.24. The number of rotatable bonds is 0. The maximum atomic E-state index is 11.8. The summed E-state index contributed by atoms with van der Waals surface area (Å²) in [6, 6.07) is 6.36. The summed E-state index contributed by atoms with van der Waals surface area (Å²) in [6.07, 6.45) is 0.306.